The maximum Gasteiger partial charge on any atom is 0.128 e. The van der Waals surface area contributed by atoms with Crippen LogP contribution in [0.4, 0.5) is 5.82 Å². The Labute approximate surface area is 178 Å². The monoisotopic (exact) mass is 425 g/mol. The van der Waals surface area contributed by atoms with Gasteiger partial charge in [0.25, 0.3) is 0 Å². The zero-order valence-electron chi connectivity index (χ0n) is 17.1. The summed E-state index contributed by atoms with van der Waals surface area (Å²) in [5.74, 6) is 1.71. The Bertz CT molecular complexity index is 690. The smallest absolute Gasteiger partial charge is 0.128 e. The van der Waals surface area contributed by atoms with Gasteiger partial charge in [-0.05, 0) is 44.0 Å². The average molecular weight is 426 g/mol. The van der Waals surface area contributed by atoms with E-state index in [-0.39, 0.29) is 12.4 Å². The van der Waals surface area contributed by atoms with Crippen LogP contribution in [0.3, 0.4) is 0 Å². The molecule has 2 aromatic rings. The molecule has 0 spiro atoms. The molecule has 0 amide bonds. The van der Waals surface area contributed by atoms with Gasteiger partial charge in [0.05, 0.1) is 17.8 Å². The van der Waals surface area contributed by atoms with E-state index in [1.807, 2.05) is 18.8 Å². The molecule has 1 atom stereocenters. The standard InChI is InChI=1S/C20H31N5OS.ClH/c1-16-19(27-15-23-16)14-25(13-18-6-7-21-10-18)12-17-4-5-20(22-11-17)24(2)8-9-26-3;/h4-5,11,15,18,21H,6-10,12-14H2,1-3H3;1H. The summed E-state index contributed by atoms with van der Waals surface area (Å²) < 4.78 is 5.15. The number of likely N-dealkylation sites (N-methyl/N-ethyl adjacent to an activating group) is 1. The summed E-state index contributed by atoms with van der Waals surface area (Å²) in [7, 11) is 3.77. The fourth-order valence-electron chi connectivity index (χ4n) is 3.44. The van der Waals surface area contributed by atoms with Crippen LogP contribution < -0.4 is 10.2 Å². The number of halogens is 1. The molecule has 1 unspecified atom stereocenters. The summed E-state index contributed by atoms with van der Waals surface area (Å²) >= 11 is 1.76. The fourth-order valence-corrected chi connectivity index (χ4v) is 4.26. The second kappa shape index (κ2) is 11.7. The fraction of sp³-hybridized carbons (Fsp3) is 0.600. The molecule has 156 valence electrons. The zero-order chi connectivity index (χ0) is 19.1. The van der Waals surface area contributed by atoms with E-state index < -0.39 is 0 Å². The Morgan fingerprint density at radius 3 is 2.75 bits per heavy atom. The van der Waals surface area contributed by atoms with Gasteiger partial charge in [0.1, 0.15) is 5.82 Å². The summed E-state index contributed by atoms with van der Waals surface area (Å²) in [5.41, 5.74) is 4.36. The lowest BCUT2D eigenvalue weighted by molar-refractivity contribution is 0.206. The predicted octanol–water partition coefficient (Wildman–Crippen LogP) is 2.96. The molecule has 0 aliphatic carbocycles. The van der Waals surface area contributed by atoms with Crippen molar-refractivity contribution in [1.82, 2.24) is 20.2 Å². The van der Waals surface area contributed by atoms with E-state index >= 15 is 0 Å². The number of nitrogens with zero attached hydrogens (tertiary/aromatic N) is 4. The van der Waals surface area contributed by atoms with Crippen LogP contribution in [-0.2, 0) is 17.8 Å². The van der Waals surface area contributed by atoms with Crippen molar-refractivity contribution in [3.8, 4) is 0 Å². The molecule has 3 rings (SSSR count). The van der Waals surface area contributed by atoms with E-state index in [1.165, 1.54) is 16.9 Å². The minimum absolute atomic E-state index is 0. The van der Waals surface area contributed by atoms with Gasteiger partial charge in [0.2, 0.25) is 0 Å². The highest BCUT2D eigenvalue weighted by atomic mass is 35.5. The van der Waals surface area contributed by atoms with Gasteiger partial charge < -0.3 is 15.0 Å². The van der Waals surface area contributed by atoms with E-state index in [2.05, 4.69) is 44.1 Å². The molecular weight excluding hydrogens is 394 g/mol. The van der Waals surface area contributed by atoms with Crippen LogP contribution in [0.1, 0.15) is 22.6 Å². The summed E-state index contributed by atoms with van der Waals surface area (Å²) in [6.45, 7) is 8.91. The van der Waals surface area contributed by atoms with Crippen molar-refractivity contribution in [3.63, 3.8) is 0 Å². The molecule has 1 saturated heterocycles. The highest BCUT2D eigenvalue weighted by Gasteiger charge is 2.20. The van der Waals surface area contributed by atoms with Gasteiger partial charge in [-0.2, -0.15) is 0 Å². The molecule has 1 aliphatic heterocycles. The average Bonchev–Trinajstić information content (AvgIpc) is 3.32. The van der Waals surface area contributed by atoms with Gasteiger partial charge in [0, 0.05) is 51.4 Å². The molecule has 0 aromatic carbocycles. The number of anilines is 1. The minimum atomic E-state index is 0. The van der Waals surface area contributed by atoms with E-state index in [4.69, 9.17) is 4.74 Å². The lowest BCUT2D eigenvalue weighted by Gasteiger charge is -2.25. The van der Waals surface area contributed by atoms with E-state index in [9.17, 15) is 0 Å². The molecular formula is C20H32ClN5OS. The second-order valence-electron chi connectivity index (χ2n) is 7.33. The number of methoxy groups -OCH3 is 1. The van der Waals surface area contributed by atoms with Crippen LogP contribution in [0.5, 0.6) is 0 Å². The molecule has 1 N–H and O–H groups in total. The molecule has 6 nitrogen and oxygen atoms in total. The number of pyridine rings is 1. The third-order valence-electron chi connectivity index (χ3n) is 5.13. The van der Waals surface area contributed by atoms with E-state index in [1.54, 1.807) is 18.4 Å². The van der Waals surface area contributed by atoms with Crippen LogP contribution in [0.25, 0.3) is 0 Å². The number of hydrogen-bond donors (Lipinski definition) is 1. The first-order valence-electron chi connectivity index (χ1n) is 9.62. The number of aromatic nitrogens is 2. The molecule has 2 aromatic heterocycles. The number of hydrogen-bond acceptors (Lipinski definition) is 7. The highest BCUT2D eigenvalue weighted by Crippen LogP contribution is 2.20. The minimum Gasteiger partial charge on any atom is -0.383 e. The highest BCUT2D eigenvalue weighted by molar-refractivity contribution is 7.09. The van der Waals surface area contributed by atoms with Crippen LogP contribution >= 0.6 is 23.7 Å². The maximum absolute atomic E-state index is 5.15. The van der Waals surface area contributed by atoms with Crippen LogP contribution in [0.2, 0.25) is 0 Å². The number of nitrogens with one attached hydrogen (secondary N) is 1. The van der Waals surface area contributed by atoms with Crippen LogP contribution in [-0.4, -0.2) is 61.8 Å². The Morgan fingerprint density at radius 2 is 2.14 bits per heavy atom. The largest absolute Gasteiger partial charge is 0.383 e. The van der Waals surface area contributed by atoms with Crippen molar-refractivity contribution >= 4 is 29.6 Å². The third kappa shape index (κ3) is 6.67. The van der Waals surface area contributed by atoms with Gasteiger partial charge in [-0.25, -0.2) is 9.97 Å². The lowest BCUT2D eigenvalue weighted by Crippen LogP contribution is -2.30. The molecule has 1 aliphatic rings. The van der Waals surface area contributed by atoms with Crippen molar-refractivity contribution < 1.29 is 4.74 Å². The van der Waals surface area contributed by atoms with Crippen molar-refractivity contribution in [1.29, 1.82) is 0 Å². The number of rotatable bonds is 10. The Kier molecular flexibility index (Phi) is 9.61. The molecule has 28 heavy (non-hydrogen) atoms. The Morgan fingerprint density at radius 1 is 1.29 bits per heavy atom. The molecule has 0 bridgehead atoms. The van der Waals surface area contributed by atoms with Crippen molar-refractivity contribution in [3.05, 3.63) is 40.0 Å². The molecule has 8 heteroatoms. The quantitative estimate of drug-likeness (QED) is 0.631. The van der Waals surface area contributed by atoms with Gasteiger partial charge in [-0.15, -0.1) is 23.7 Å². The number of aryl methyl sites for hydroxylation is 1. The molecule has 0 radical (unpaired) electrons. The van der Waals surface area contributed by atoms with Crippen molar-refractivity contribution in [2.75, 3.05) is 51.8 Å². The van der Waals surface area contributed by atoms with E-state index in [0.717, 1.165) is 56.7 Å². The van der Waals surface area contributed by atoms with E-state index in [0.29, 0.717) is 6.61 Å². The third-order valence-corrected chi connectivity index (χ3v) is 6.05. The molecule has 0 saturated carbocycles. The second-order valence-corrected chi connectivity index (χ2v) is 8.27. The lowest BCUT2D eigenvalue weighted by atomic mass is 10.1. The Balaban J connectivity index is 0.00000280. The van der Waals surface area contributed by atoms with Crippen LogP contribution in [0, 0.1) is 12.8 Å². The number of thiazole rings is 1. The van der Waals surface area contributed by atoms with Crippen molar-refractivity contribution in [2.45, 2.75) is 26.4 Å². The van der Waals surface area contributed by atoms with Gasteiger partial charge in [0.15, 0.2) is 0 Å². The predicted molar refractivity (Wildman–Crippen MR) is 119 cm³/mol. The van der Waals surface area contributed by atoms with Crippen molar-refractivity contribution in [2.24, 2.45) is 5.92 Å². The van der Waals surface area contributed by atoms with Gasteiger partial charge >= 0.3 is 0 Å². The Hall–Kier alpha value is -1.25. The first kappa shape index (κ1) is 23.0. The summed E-state index contributed by atoms with van der Waals surface area (Å²) in [6.07, 6.45) is 3.28. The summed E-state index contributed by atoms with van der Waals surface area (Å²) in [5, 5.41) is 3.48. The topological polar surface area (TPSA) is 53.5 Å². The summed E-state index contributed by atoms with van der Waals surface area (Å²) in [6, 6.07) is 4.31. The normalized spacial score (nSPS) is 16.4. The molecule has 3 heterocycles. The van der Waals surface area contributed by atoms with Crippen LogP contribution in [0.15, 0.2) is 23.8 Å². The first-order chi connectivity index (χ1) is 13.2. The summed E-state index contributed by atoms with van der Waals surface area (Å²) in [4.78, 5) is 15.1. The van der Waals surface area contributed by atoms with Gasteiger partial charge in [-0.1, -0.05) is 6.07 Å². The number of ether oxygens (including phenoxy) is 1. The zero-order valence-corrected chi connectivity index (χ0v) is 18.7. The molecule has 1 fully saturated rings. The SMILES string of the molecule is COCCN(C)c1ccc(CN(Cc2scnc2C)CC2CCNC2)cn1.Cl. The maximum atomic E-state index is 5.15. The van der Waals surface area contributed by atoms with Gasteiger partial charge in [-0.3, -0.25) is 4.90 Å². The first-order valence-corrected chi connectivity index (χ1v) is 10.5.